The lowest BCUT2D eigenvalue weighted by atomic mass is 9.60. The Kier molecular flexibility index (Phi) is 4.99. The maximum absolute atomic E-state index is 10.6. The second-order valence-corrected chi connectivity index (χ2v) is 10.5. The lowest BCUT2D eigenvalue weighted by Crippen LogP contribution is -2.69. The largest absolute Gasteiger partial charge is 0.513 e. The Morgan fingerprint density at radius 3 is 2.56 bits per heavy atom. The predicted octanol–water partition coefficient (Wildman–Crippen LogP) is 6.88. The topological polar surface area (TPSA) is 59.4 Å². The van der Waals surface area contributed by atoms with Gasteiger partial charge in [-0.25, -0.2) is 0 Å². The molecule has 1 aliphatic heterocycles. The lowest BCUT2D eigenvalue weighted by molar-refractivity contribution is -0.801. The summed E-state index contributed by atoms with van der Waals surface area (Å²) in [5, 5.41) is 19.2. The molecule has 2 unspecified atom stereocenters. The highest BCUT2D eigenvalue weighted by molar-refractivity contribution is 6.14. The highest BCUT2D eigenvalue weighted by Gasteiger charge is 2.60. The molecule has 1 aliphatic rings. The van der Waals surface area contributed by atoms with Gasteiger partial charge in [0.15, 0.2) is 0 Å². The fourth-order valence-electron chi connectivity index (χ4n) is 6.44. The normalized spacial score (nSPS) is 21.1. The first-order valence-electron chi connectivity index (χ1n) is 12.4. The molecule has 5 heteroatoms. The van der Waals surface area contributed by atoms with Crippen LogP contribution in [0.25, 0.3) is 44.0 Å². The zero-order valence-electron chi connectivity index (χ0n) is 21.3. The first-order valence-corrected chi connectivity index (χ1v) is 12.4. The number of hydrogen-bond acceptors (Lipinski definition) is 4. The number of aliphatic hydroxyl groups excluding tert-OH is 1. The number of furan rings is 1. The van der Waals surface area contributed by atoms with Crippen molar-refractivity contribution in [2.24, 2.45) is 0 Å². The van der Waals surface area contributed by atoms with Gasteiger partial charge in [-0.2, -0.15) is 0 Å². The molecular formula is C31H31N2O3+. The number of hydrogen-bond donors (Lipinski definition) is 1. The molecule has 36 heavy (non-hydrogen) atoms. The summed E-state index contributed by atoms with van der Waals surface area (Å²) in [5.74, 6) is 0.136. The minimum absolute atomic E-state index is 0.136. The van der Waals surface area contributed by atoms with Gasteiger partial charge in [-0.05, 0) is 53.3 Å². The van der Waals surface area contributed by atoms with Crippen molar-refractivity contribution in [1.82, 2.24) is 5.10 Å². The van der Waals surface area contributed by atoms with Crippen molar-refractivity contribution in [2.75, 3.05) is 13.7 Å². The molecule has 6 rings (SSSR count). The van der Waals surface area contributed by atoms with E-state index in [1.807, 2.05) is 25.1 Å². The van der Waals surface area contributed by atoms with Crippen molar-refractivity contribution in [3.8, 4) is 11.1 Å². The van der Waals surface area contributed by atoms with Crippen LogP contribution in [-0.2, 0) is 15.7 Å². The van der Waals surface area contributed by atoms with E-state index in [1.54, 1.807) is 7.11 Å². The van der Waals surface area contributed by atoms with Crippen LogP contribution in [0.4, 0.5) is 0 Å². The summed E-state index contributed by atoms with van der Waals surface area (Å²) in [5.41, 5.74) is 5.76. The van der Waals surface area contributed by atoms with Crippen LogP contribution in [0.3, 0.4) is 0 Å². The van der Waals surface area contributed by atoms with Crippen molar-refractivity contribution in [2.45, 2.75) is 44.6 Å². The smallest absolute Gasteiger partial charge is 0.286 e. The van der Waals surface area contributed by atoms with Crippen molar-refractivity contribution in [3.63, 3.8) is 0 Å². The standard InChI is InChI=1S/C31H30N2O3/c1-19(34)18-31(4)30(3,15-16-35-5)27-23-14-10-9-13-22(23)17-24-26(27)28-29(36-24)25(20(2)32-33(28)31)21-11-7-6-8-12-21/h6-14,17H,1,15-16,18H2,2-5H3/p+1. The molecule has 0 spiro atoms. The number of aromatic nitrogens is 2. The van der Waals surface area contributed by atoms with E-state index in [1.165, 1.54) is 10.9 Å². The quantitative estimate of drug-likeness (QED) is 0.213. The predicted molar refractivity (Wildman–Crippen MR) is 143 cm³/mol. The molecule has 5 nitrogen and oxygen atoms in total. The van der Waals surface area contributed by atoms with Gasteiger partial charge in [0.1, 0.15) is 11.3 Å². The van der Waals surface area contributed by atoms with Gasteiger partial charge in [0.05, 0.1) is 28.5 Å². The zero-order valence-corrected chi connectivity index (χ0v) is 21.3. The molecule has 3 aromatic carbocycles. The van der Waals surface area contributed by atoms with Gasteiger partial charge >= 0.3 is 0 Å². The van der Waals surface area contributed by atoms with Gasteiger partial charge in [-0.3, -0.25) is 0 Å². The SMILES string of the molecule is C=C(O)CC1(C)[n+]2nc(C)c(-c3ccccc3)c3oc4cc5ccccc5c(c4c32)C1(C)CCOC. The molecule has 0 amide bonds. The van der Waals surface area contributed by atoms with E-state index in [4.69, 9.17) is 14.3 Å². The maximum Gasteiger partial charge on any atom is 0.286 e. The van der Waals surface area contributed by atoms with Gasteiger partial charge in [-0.15, -0.1) is 0 Å². The van der Waals surface area contributed by atoms with Crippen LogP contribution < -0.4 is 4.68 Å². The van der Waals surface area contributed by atoms with Crippen molar-refractivity contribution < 1.29 is 18.9 Å². The van der Waals surface area contributed by atoms with Crippen LogP contribution in [0, 0.1) is 6.92 Å². The fraction of sp³-hybridized carbons (Fsp3) is 0.290. The van der Waals surface area contributed by atoms with Crippen molar-refractivity contribution in [3.05, 3.63) is 84.3 Å². The summed E-state index contributed by atoms with van der Waals surface area (Å²) in [6, 6.07) is 20.9. The Balaban J connectivity index is 1.87. The van der Waals surface area contributed by atoms with Crippen molar-refractivity contribution in [1.29, 1.82) is 0 Å². The lowest BCUT2D eigenvalue weighted by Gasteiger charge is -2.44. The summed E-state index contributed by atoms with van der Waals surface area (Å²) in [6.45, 7) is 11.0. The summed E-state index contributed by atoms with van der Waals surface area (Å²) in [4.78, 5) is 0. The third kappa shape index (κ3) is 2.93. The van der Waals surface area contributed by atoms with Crippen LogP contribution in [-0.4, -0.2) is 23.9 Å². The van der Waals surface area contributed by atoms with E-state index in [9.17, 15) is 5.11 Å². The van der Waals surface area contributed by atoms with Crippen LogP contribution in [0.2, 0.25) is 0 Å². The molecule has 1 N–H and O–H groups in total. The molecule has 0 fully saturated rings. The first-order chi connectivity index (χ1) is 17.3. The molecule has 5 aromatic rings. The Hall–Kier alpha value is -3.70. The molecule has 0 saturated heterocycles. The summed E-state index contributed by atoms with van der Waals surface area (Å²) >= 11 is 0. The highest BCUT2D eigenvalue weighted by Crippen LogP contribution is 2.54. The first kappa shape index (κ1) is 22.7. The summed E-state index contributed by atoms with van der Waals surface area (Å²) in [7, 11) is 1.73. The number of aryl methyl sites for hydroxylation is 1. The molecule has 0 bridgehead atoms. The second kappa shape index (κ2) is 7.90. The number of benzene rings is 3. The van der Waals surface area contributed by atoms with Crippen molar-refractivity contribution >= 4 is 32.8 Å². The van der Waals surface area contributed by atoms with Crippen LogP contribution in [0.5, 0.6) is 0 Å². The maximum atomic E-state index is 10.6. The summed E-state index contributed by atoms with van der Waals surface area (Å²) in [6.07, 6.45) is 1.11. The third-order valence-corrected chi connectivity index (χ3v) is 8.35. The van der Waals surface area contributed by atoms with E-state index < -0.39 is 11.0 Å². The Bertz CT molecular complexity index is 1670. The molecule has 2 atom stereocenters. The molecule has 0 aliphatic carbocycles. The Morgan fingerprint density at radius 1 is 1.11 bits per heavy atom. The highest BCUT2D eigenvalue weighted by atomic mass is 16.5. The number of allylic oxidation sites excluding steroid dienone is 1. The average molecular weight is 480 g/mol. The number of rotatable bonds is 6. The number of nitrogens with zero attached hydrogens (tertiary/aromatic N) is 2. The number of methoxy groups -OCH3 is 1. The molecule has 3 heterocycles. The molecule has 2 aromatic heterocycles. The third-order valence-electron chi connectivity index (χ3n) is 8.35. The van der Waals surface area contributed by atoms with Gasteiger partial charge in [0.2, 0.25) is 11.1 Å². The number of fused-ring (bicyclic) bond motifs is 2. The van der Waals surface area contributed by atoms with Gasteiger partial charge in [0.25, 0.3) is 5.52 Å². The number of aliphatic hydroxyl groups is 1. The minimum atomic E-state index is -0.622. The van der Waals surface area contributed by atoms with Crippen LogP contribution in [0.1, 0.15) is 37.9 Å². The van der Waals surface area contributed by atoms with E-state index in [2.05, 4.69) is 67.6 Å². The average Bonchev–Trinajstić information content (AvgIpc) is 3.22. The van der Waals surface area contributed by atoms with Gasteiger partial charge < -0.3 is 14.3 Å². The Morgan fingerprint density at radius 2 is 1.83 bits per heavy atom. The van der Waals surface area contributed by atoms with Gasteiger partial charge in [0, 0.05) is 20.6 Å². The molecule has 182 valence electrons. The van der Waals surface area contributed by atoms with E-state index in [0.29, 0.717) is 13.0 Å². The molecular weight excluding hydrogens is 448 g/mol. The van der Waals surface area contributed by atoms with Crippen LogP contribution in [0.15, 0.2) is 77.4 Å². The second-order valence-electron chi connectivity index (χ2n) is 10.5. The number of ether oxygens (including phenoxy) is 1. The van der Waals surface area contributed by atoms with E-state index in [-0.39, 0.29) is 5.76 Å². The Labute approximate surface area is 210 Å². The molecule has 0 radical (unpaired) electrons. The monoisotopic (exact) mass is 479 g/mol. The minimum Gasteiger partial charge on any atom is -0.513 e. The fourth-order valence-corrected chi connectivity index (χ4v) is 6.44. The van der Waals surface area contributed by atoms with Crippen LogP contribution >= 0.6 is 0 Å². The zero-order chi connectivity index (χ0) is 25.2. The molecule has 0 saturated carbocycles. The van der Waals surface area contributed by atoms with E-state index in [0.717, 1.165) is 50.7 Å². The van der Waals surface area contributed by atoms with E-state index >= 15 is 0 Å². The van der Waals surface area contributed by atoms with Gasteiger partial charge in [-0.1, -0.05) is 65.9 Å². The summed E-state index contributed by atoms with van der Waals surface area (Å²) < 4.78 is 14.5.